The number of rotatable bonds is 3. The second-order valence-corrected chi connectivity index (χ2v) is 5.48. The van der Waals surface area contributed by atoms with E-state index in [1.807, 2.05) is 0 Å². The summed E-state index contributed by atoms with van der Waals surface area (Å²) in [4.78, 5) is 0. The molecule has 0 aromatic carbocycles. The molecule has 0 saturated heterocycles. The normalized spacial score (nSPS) is 30.5. The zero-order chi connectivity index (χ0) is 9.90. The van der Waals surface area contributed by atoms with Gasteiger partial charge in [0.15, 0.2) is 0 Å². The van der Waals surface area contributed by atoms with Crippen LogP contribution in [-0.2, 0) is 0 Å². The molecule has 78 valence electrons. The summed E-state index contributed by atoms with van der Waals surface area (Å²) in [6, 6.07) is 0. The van der Waals surface area contributed by atoms with Crippen molar-refractivity contribution in [1.82, 2.24) is 0 Å². The first-order valence-corrected chi connectivity index (χ1v) is 5.76. The Hall–Kier alpha value is -0.0400. The van der Waals surface area contributed by atoms with Gasteiger partial charge in [0.2, 0.25) is 0 Å². The van der Waals surface area contributed by atoms with Gasteiger partial charge in [0.05, 0.1) is 0 Å². The van der Waals surface area contributed by atoms with E-state index in [2.05, 4.69) is 20.8 Å². The van der Waals surface area contributed by atoms with Crippen LogP contribution in [0.4, 0.5) is 0 Å². The molecule has 0 bridgehead atoms. The van der Waals surface area contributed by atoms with E-state index < -0.39 is 0 Å². The maximum atomic E-state index is 5.65. The highest BCUT2D eigenvalue weighted by atomic mass is 14.5. The molecule has 0 unspecified atom stereocenters. The zero-order valence-corrected chi connectivity index (χ0v) is 9.47. The summed E-state index contributed by atoms with van der Waals surface area (Å²) >= 11 is 0. The molecule has 1 aliphatic rings. The van der Waals surface area contributed by atoms with Crippen molar-refractivity contribution >= 4 is 0 Å². The van der Waals surface area contributed by atoms with E-state index in [1.165, 1.54) is 32.1 Å². The highest BCUT2D eigenvalue weighted by Crippen LogP contribution is 2.41. The van der Waals surface area contributed by atoms with E-state index in [9.17, 15) is 0 Å². The molecule has 2 N–H and O–H groups in total. The summed E-state index contributed by atoms with van der Waals surface area (Å²) in [7, 11) is 0. The molecule has 0 amide bonds. The molecule has 1 heteroatoms. The number of hydrogen-bond acceptors (Lipinski definition) is 1. The Morgan fingerprint density at radius 1 is 1.15 bits per heavy atom. The molecule has 0 radical (unpaired) electrons. The Kier molecular flexibility index (Phi) is 3.78. The Bertz CT molecular complexity index is 143. The SMILES string of the molecule is CC1CCC(C(C)(C)CCN)CC1. The van der Waals surface area contributed by atoms with Gasteiger partial charge >= 0.3 is 0 Å². The zero-order valence-electron chi connectivity index (χ0n) is 9.47. The minimum absolute atomic E-state index is 0.481. The largest absolute Gasteiger partial charge is 0.330 e. The molecule has 0 spiro atoms. The van der Waals surface area contributed by atoms with Gasteiger partial charge in [0.1, 0.15) is 0 Å². The van der Waals surface area contributed by atoms with Gasteiger partial charge in [-0.1, -0.05) is 33.6 Å². The van der Waals surface area contributed by atoms with Gasteiger partial charge < -0.3 is 5.73 Å². The Morgan fingerprint density at radius 2 is 1.69 bits per heavy atom. The lowest BCUT2D eigenvalue weighted by molar-refractivity contribution is 0.130. The molecule has 13 heavy (non-hydrogen) atoms. The first-order valence-electron chi connectivity index (χ1n) is 5.76. The minimum Gasteiger partial charge on any atom is -0.330 e. The maximum absolute atomic E-state index is 5.65. The molecular weight excluding hydrogens is 158 g/mol. The fourth-order valence-corrected chi connectivity index (χ4v) is 2.62. The summed E-state index contributed by atoms with van der Waals surface area (Å²) in [5.41, 5.74) is 6.13. The van der Waals surface area contributed by atoms with Crippen molar-refractivity contribution in [3.05, 3.63) is 0 Å². The number of nitrogens with two attached hydrogens (primary N) is 1. The quantitative estimate of drug-likeness (QED) is 0.714. The van der Waals surface area contributed by atoms with Crippen molar-refractivity contribution in [2.75, 3.05) is 6.54 Å². The summed E-state index contributed by atoms with van der Waals surface area (Å²) < 4.78 is 0. The number of hydrogen-bond donors (Lipinski definition) is 1. The Labute approximate surface area is 83.1 Å². The summed E-state index contributed by atoms with van der Waals surface area (Å²) in [5, 5.41) is 0. The highest BCUT2D eigenvalue weighted by molar-refractivity contribution is 4.82. The molecule has 1 fully saturated rings. The van der Waals surface area contributed by atoms with Crippen LogP contribution in [0.1, 0.15) is 52.9 Å². The van der Waals surface area contributed by atoms with Crippen LogP contribution in [0.15, 0.2) is 0 Å². The second-order valence-electron chi connectivity index (χ2n) is 5.48. The van der Waals surface area contributed by atoms with Crippen molar-refractivity contribution < 1.29 is 0 Å². The van der Waals surface area contributed by atoms with Crippen LogP contribution in [0.5, 0.6) is 0 Å². The molecule has 0 heterocycles. The van der Waals surface area contributed by atoms with Gasteiger partial charge in [0.25, 0.3) is 0 Å². The molecular formula is C12H25N. The van der Waals surface area contributed by atoms with E-state index in [1.54, 1.807) is 0 Å². The van der Waals surface area contributed by atoms with E-state index >= 15 is 0 Å². The first-order chi connectivity index (χ1) is 6.06. The molecule has 0 aliphatic heterocycles. The Morgan fingerprint density at radius 3 is 2.15 bits per heavy atom. The predicted octanol–water partition coefficient (Wildman–Crippen LogP) is 3.19. The highest BCUT2D eigenvalue weighted by Gasteiger charge is 2.31. The van der Waals surface area contributed by atoms with E-state index in [-0.39, 0.29) is 0 Å². The molecule has 0 atom stereocenters. The van der Waals surface area contributed by atoms with Crippen molar-refractivity contribution in [3.63, 3.8) is 0 Å². The van der Waals surface area contributed by atoms with Gasteiger partial charge in [-0.2, -0.15) is 0 Å². The van der Waals surface area contributed by atoms with Crippen LogP contribution in [-0.4, -0.2) is 6.54 Å². The van der Waals surface area contributed by atoms with Crippen molar-refractivity contribution in [1.29, 1.82) is 0 Å². The minimum atomic E-state index is 0.481. The standard InChI is InChI=1S/C12H25N/c1-10-4-6-11(7-5-10)12(2,3)8-9-13/h10-11H,4-9,13H2,1-3H3. The lowest BCUT2D eigenvalue weighted by Crippen LogP contribution is -2.30. The summed E-state index contributed by atoms with van der Waals surface area (Å²) in [6.07, 6.45) is 6.89. The fourth-order valence-electron chi connectivity index (χ4n) is 2.62. The summed E-state index contributed by atoms with van der Waals surface area (Å²) in [6.45, 7) is 8.01. The van der Waals surface area contributed by atoms with E-state index in [0.29, 0.717) is 5.41 Å². The third kappa shape index (κ3) is 2.98. The first kappa shape index (κ1) is 11.0. The van der Waals surface area contributed by atoms with Crippen LogP contribution in [0.3, 0.4) is 0 Å². The molecule has 0 aromatic rings. The van der Waals surface area contributed by atoms with Gasteiger partial charge in [0, 0.05) is 0 Å². The van der Waals surface area contributed by atoms with Crippen molar-refractivity contribution in [3.8, 4) is 0 Å². The predicted molar refractivity (Wildman–Crippen MR) is 58.6 cm³/mol. The Balaban J connectivity index is 2.42. The molecule has 1 rings (SSSR count). The topological polar surface area (TPSA) is 26.0 Å². The molecule has 1 nitrogen and oxygen atoms in total. The summed E-state index contributed by atoms with van der Waals surface area (Å²) in [5.74, 6) is 1.89. The van der Waals surface area contributed by atoms with E-state index in [0.717, 1.165) is 18.4 Å². The van der Waals surface area contributed by atoms with Crippen LogP contribution >= 0.6 is 0 Å². The molecule has 1 aliphatic carbocycles. The lowest BCUT2D eigenvalue weighted by Gasteiger charge is -2.38. The lowest BCUT2D eigenvalue weighted by atomic mass is 9.67. The maximum Gasteiger partial charge on any atom is -0.00721 e. The molecule has 1 saturated carbocycles. The van der Waals surface area contributed by atoms with Crippen LogP contribution in [0.25, 0.3) is 0 Å². The third-order valence-corrected chi connectivity index (χ3v) is 3.91. The monoisotopic (exact) mass is 183 g/mol. The van der Waals surface area contributed by atoms with Crippen molar-refractivity contribution in [2.45, 2.75) is 52.9 Å². The smallest absolute Gasteiger partial charge is 0.00721 e. The van der Waals surface area contributed by atoms with Gasteiger partial charge in [-0.05, 0) is 43.1 Å². The van der Waals surface area contributed by atoms with Gasteiger partial charge in [-0.3, -0.25) is 0 Å². The van der Waals surface area contributed by atoms with E-state index in [4.69, 9.17) is 5.73 Å². The average molecular weight is 183 g/mol. The van der Waals surface area contributed by atoms with Crippen molar-refractivity contribution in [2.24, 2.45) is 23.0 Å². The van der Waals surface area contributed by atoms with Gasteiger partial charge in [-0.25, -0.2) is 0 Å². The second kappa shape index (κ2) is 4.45. The average Bonchev–Trinajstić information content (AvgIpc) is 2.05. The third-order valence-electron chi connectivity index (χ3n) is 3.91. The van der Waals surface area contributed by atoms with Gasteiger partial charge in [-0.15, -0.1) is 0 Å². The molecule has 0 aromatic heterocycles. The van der Waals surface area contributed by atoms with Crippen LogP contribution < -0.4 is 5.73 Å². The van der Waals surface area contributed by atoms with Crippen LogP contribution in [0.2, 0.25) is 0 Å². The fraction of sp³-hybridized carbons (Fsp3) is 1.00. The van der Waals surface area contributed by atoms with Crippen LogP contribution in [0, 0.1) is 17.3 Å².